The summed E-state index contributed by atoms with van der Waals surface area (Å²) in [5.41, 5.74) is 10.6. The first-order valence-electron chi connectivity index (χ1n) is 17.4. The summed E-state index contributed by atoms with van der Waals surface area (Å²) in [6, 6.07) is 53.2. The highest BCUT2D eigenvalue weighted by molar-refractivity contribution is 6.21. The largest absolute Gasteiger partial charge is 0.317 e. The summed E-state index contributed by atoms with van der Waals surface area (Å²) in [4.78, 5) is 23.9. The molecule has 0 saturated heterocycles. The standard InChI is InChI=1S/C45H30N8/c1-3-8-33(9-4-1)51-27-24-38-40(51)22-23-42-43(38)39-28-37(20-21-41(39)53(42)34-10-5-2-6-11-34)52(35-16-12-31(13-17-35)44-47-25-7-26-48-44)36-18-14-32(15-19-36)45-49-29-46-30-50-45/h1-30H. The number of nitrogens with zero attached hydrogens (tertiary/aromatic N) is 8. The fraction of sp³-hybridized carbons (Fsp3) is 0. The normalized spacial score (nSPS) is 11.4. The van der Waals surface area contributed by atoms with Crippen molar-refractivity contribution in [2.75, 3.05) is 4.90 Å². The summed E-state index contributed by atoms with van der Waals surface area (Å²) >= 11 is 0. The van der Waals surface area contributed by atoms with E-state index in [2.05, 4.69) is 191 Å². The Morgan fingerprint density at radius 1 is 0.434 bits per heavy atom. The van der Waals surface area contributed by atoms with E-state index in [1.165, 1.54) is 28.8 Å². The molecule has 8 heteroatoms. The monoisotopic (exact) mass is 682 g/mol. The molecule has 4 aromatic heterocycles. The molecule has 53 heavy (non-hydrogen) atoms. The molecule has 4 heterocycles. The predicted octanol–water partition coefficient (Wildman–Crippen LogP) is 10.5. The molecule has 0 bridgehead atoms. The minimum atomic E-state index is 0.631. The molecule has 0 aliphatic heterocycles. The topological polar surface area (TPSA) is 77.6 Å². The zero-order valence-electron chi connectivity index (χ0n) is 28.4. The molecule has 0 aliphatic carbocycles. The van der Waals surface area contributed by atoms with Gasteiger partial charge in [0.15, 0.2) is 11.6 Å². The van der Waals surface area contributed by atoms with Crippen molar-refractivity contribution >= 4 is 49.8 Å². The summed E-state index contributed by atoms with van der Waals surface area (Å²) in [6.07, 6.45) is 8.75. The lowest BCUT2D eigenvalue weighted by Crippen LogP contribution is -2.10. The van der Waals surface area contributed by atoms with Gasteiger partial charge in [-0.05, 0) is 115 Å². The van der Waals surface area contributed by atoms with Gasteiger partial charge in [-0.1, -0.05) is 36.4 Å². The van der Waals surface area contributed by atoms with E-state index in [0.29, 0.717) is 11.6 Å². The van der Waals surface area contributed by atoms with Crippen LogP contribution in [0.25, 0.3) is 66.9 Å². The zero-order valence-corrected chi connectivity index (χ0v) is 28.4. The minimum absolute atomic E-state index is 0.631. The van der Waals surface area contributed by atoms with Crippen molar-refractivity contribution in [2.45, 2.75) is 0 Å². The molecular formula is C45H30N8. The van der Waals surface area contributed by atoms with Crippen molar-refractivity contribution < 1.29 is 0 Å². The highest BCUT2D eigenvalue weighted by Crippen LogP contribution is 2.42. The van der Waals surface area contributed by atoms with E-state index in [1.54, 1.807) is 12.4 Å². The Labute approximate surface area is 305 Å². The quantitative estimate of drug-likeness (QED) is 0.167. The Balaban J connectivity index is 1.19. The van der Waals surface area contributed by atoms with E-state index >= 15 is 0 Å². The summed E-state index contributed by atoms with van der Waals surface area (Å²) in [7, 11) is 0. The first kappa shape index (κ1) is 30.4. The van der Waals surface area contributed by atoms with E-state index in [-0.39, 0.29) is 0 Å². The average molecular weight is 683 g/mol. The highest BCUT2D eigenvalue weighted by atomic mass is 15.1. The summed E-state index contributed by atoms with van der Waals surface area (Å²) in [5.74, 6) is 1.32. The molecule has 0 saturated carbocycles. The van der Waals surface area contributed by atoms with E-state index in [1.807, 2.05) is 6.07 Å². The van der Waals surface area contributed by atoms with Crippen LogP contribution in [0.2, 0.25) is 0 Å². The number of aromatic nitrogens is 7. The molecule has 0 atom stereocenters. The van der Waals surface area contributed by atoms with Gasteiger partial charge in [0.25, 0.3) is 0 Å². The van der Waals surface area contributed by atoms with Crippen LogP contribution in [0.5, 0.6) is 0 Å². The maximum atomic E-state index is 4.47. The molecule has 8 nitrogen and oxygen atoms in total. The second kappa shape index (κ2) is 12.7. The highest BCUT2D eigenvalue weighted by Gasteiger charge is 2.20. The number of fused-ring (bicyclic) bond motifs is 5. The third-order valence-electron chi connectivity index (χ3n) is 9.72. The first-order valence-corrected chi connectivity index (χ1v) is 17.4. The molecule has 0 spiro atoms. The van der Waals surface area contributed by atoms with Gasteiger partial charge >= 0.3 is 0 Å². The summed E-state index contributed by atoms with van der Waals surface area (Å²) in [6.45, 7) is 0. The molecule has 0 N–H and O–H groups in total. The SMILES string of the molecule is c1ccc(-n2ccc3c4c5cc(N(c6ccc(-c7ncccn7)cc6)c6ccc(-c7ncncn7)cc6)ccc5n(-c5ccccc5)c4ccc32)cc1. The second-order valence-corrected chi connectivity index (χ2v) is 12.7. The maximum absolute atomic E-state index is 4.47. The Bertz CT molecular complexity index is 2770. The van der Waals surface area contributed by atoms with E-state index < -0.39 is 0 Å². The van der Waals surface area contributed by atoms with Crippen LogP contribution in [-0.2, 0) is 0 Å². The van der Waals surface area contributed by atoms with Crippen LogP contribution in [-0.4, -0.2) is 34.1 Å². The van der Waals surface area contributed by atoms with Crippen LogP contribution >= 0.6 is 0 Å². The lowest BCUT2D eigenvalue weighted by Gasteiger charge is -2.26. The van der Waals surface area contributed by atoms with Gasteiger partial charge in [0.1, 0.15) is 12.7 Å². The van der Waals surface area contributed by atoms with Gasteiger partial charge in [-0.2, -0.15) is 0 Å². The molecule has 250 valence electrons. The molecular weight excluding hydrogens is 653 g/mol. The van der Waals surface area contributed by atoms with Crippen LogP contribution in [0.4, 0.5) is 17.1 Å². The Morgan fingerprint density at radius 3 is 1.66 bits per heavy atom. The Hall–Kier alpha value is -7.45. The van der Waals surface area contributed by atoms with Gasteiger partial charge in [-0.3, -0.25) is 0 Å². The maximum Gasteiger partial charge on any atom is 0.162 e. The number of anilines is 3. The lowest BCUT2D eigenvalue weighted by molar-refractivity contribution is 1.06. The molecule has 0 fully saturated rings. The zero-order chi connectivity index (χ0) is 35.1. The fourth-order valence-corrected chi connectivity index (χ4v) is 7.33. The molecule has 0 radical (unpaired) electrons. The number of hydrogen-bond donors (Lipinski definition) is 0. The van der Waals surface area contributed by atoms with Crippen molar-refractivity contribution in [1.82, 2.24) is 34.1 Å². The van der Waals surface area contributed by atoms with Crippen LogP contribution in [0.3, 0.4) is 0 Å². The molecule has 0 amide bonds. The van der Waals surface area contributed by atoms with Gasteiger partial charge in [0.05, 0.1) is 16.6 Å². The number of hydrogen-bond acceptors (Lipinski definition) is 6. The predicted molar refractivity (Wildman–Crippen MR) is 212 cm³/mol. The molecule has 10 aromatic rings. The third-order valence-corrected chi connectivity index (χ3v) is 9.72. The van der Waals surface area contributed by atoms with Crippen molar-refractivity contribution in [2.24, 2.45) is 0 Å². The molecule has 0 unspecified atom stereocenters. The van der Waals surface area contributed by atoms with Crippen molar-refractivity contribution in [3.8, 4) is 34.2 Å². The first-order chi connectivity index (χ1) is 26.3. The van der Waals surface area contributed by atoms with E-state index in [0.717, 1.165) is 56.1 Å². The summed E-state index contributed by atoms with van der Waals surface area (Å²) < 4.78 is 4.64. The van der Waals surface area contributed by atoms with Gasteiger partial charge in [-0.25, -0.2) is 24.9 Å². The van der Waals surface area contributed by atoms with Gasteiger partial charge < -0.3 is 14.0 Å². The van der Waals surface area contributed by atoms with E-state index in [4.69, 9.17) is 0 Å². The number of benzene rings is 6. The Morgan fingerprint density at radius 2 is 1.00 bits per heavy atom. The van der Waals surface area contributed by atoms with Crippen LogP contribution in [0, 0.1) is 0 Å². The lowest BCUT2D eigenvalue weighted by atomic mass is 10.1. The average Bonchev–Trinajstić information content (AvgIpc) is 3.82. The number of para-hydroxylation sites is 2. The minimum Gasteiger partial charge on any atom is -0.317 e. The van der Waals surface area contributed by atoms with Crippen LogP contribution < -0.4 is 4.90 Å². The number of rotatable bonds is 7. The van der Waals surface area contributed by atoms with Gasteiger partial charge in [0, 0.05) is 74.3 Å². The van der Waals surface area contributed by atoms with E-state index in [9.17, 15) is 0 Å². The van der Waals surface area contributed by atoms with Crippen LogP contribution in [0.1, 0.15) is 0 Å². The molecule has 6 aromatic carbocycles. The van der Waals surface area contributed by atoms with Gasteiger partial charge in [-0.15, -0.1) is 0 Å². The Kier molecular flexibility index (Phi) is 7.28. The molecule has 0 aliphatic rings. The molecule has 10 rings (SSSR count). The van der Waals surface area contributed by atoms with Crippen molar-refractivity contribution in [1.29, 1.82) is 0 Å². The van der Waals surface area contributed by atoms with Crippen molar-refractivity contribution in [3.63, 3.8) is 0 Å². The third kappa shape index (κ3) is 5.28. The second-order valence-electron chi connectivity index (χ2n) is 12.7. The van der Waals surface area contributed by atoms with Crippen LogP contribution in [0.15, 0.2) is 183 Å². The summed E-state index contributed by atoms with van der Waals surface area (Å²) in [5, 5.41) is 3.57. The fourth-order valence-electron chi connectivity index (χ4n) is 7.33. The van der Waals surface area contributed by atoms with Crippen molar-refractivity contribution in [3.05, 3.63) is 183 Å². The van der Waals surface area contributed by atoms with Gasteiger partial charge in [0.2, 0.25) is 0 Å². The smallest absolute Gasteiger partial charge is 0.162 e.